The van der Waals surface area contributed by atoms with E-state index in [0.717, 1.165) is 38.4 Å². The van der Waals surface area contributed by atoms with Gasteiger partial charge in [-0.05, 0) is 6.42 Å². The molecule has 1 rings (SSSR count). The molecule has 1 heterocycles. The molecule has 0 saturated heterocycles. The van der Waals surface area contributed by atoms with Gasteiger partial charge in [-0.3, -0.25) is 0 Å². The van der Waals surface area contributed by atoms with Gasteiger partial charge in [0.1, 0.15) is 0 Å². The average Bonchev–Trinajstić information content (AvgIpc) is 2.70. The van der Waals surface area contributed by atoms with Gasteiger partial charge in [-0.15, -0.1) is 0 Å². The monoisotopic (exact) mass is 225 g/mol. The van der Waals surface area contributed by atoms with E-state index in [4.69, 9.17) is 4.74 Å². The zero-order valence-electron chi connectivity index (χ0n) is 10.6. The molecule has 0 amide bonds. The molecule has 92 valence electrons. The van der Waals surface area contributed by atoms with Crippen molar-refractivity contribution in [3.63, 3.8) is 0 Å². The predicted molar refractivity (Wildman–Crippen MR) is 65.3 cm³/mol. The summed E-state index contributed by atoms with van der Waals surface area (Å²) in [6.07, 6.45) is 5.02. The Labute approximate surface area is 98.0 Å². The first-order valence-electron chi connectivity index (χ1n) is 6.04. The minimum atomic E-state index is 0.498. The van der Waals surface area contributed by atoms with Gasteiger partial charge >= 0.3 is 0 Å². The Morgan fingerprint density at radius 3 is 2.94 bits per heavy atom. The summed E-state index contributed by atoms with van der Waals surface area (Å²) in [4.78, 5) is 4.33. The Morgan fingerprint density at radius 2 is 2.25 bits per heavy atom. The van der Waals surface area contributed by atoms with Crippen LogP contribution >= 0.6 is 0 Å². The van der Waals surface area contributed by atoms with Gasteiger partial charge < -0.3 is 14.6 Å². The van der Waals surface area contributed by atoms with E-state index in [1.165, 1.54) is 0 Å². The van der Waals surface area contributed by atoms with Gasteiger partial charge in [0.2, 0.25) is 0 Å². The molecule has 0 fully saturated rings. The van der Waals surface area contributed by atoms with Crippen LogP contribution in [0.1, 0.15) is 32.9 Å². The molecule has 1 aromatic rings. The van der Waals surface area contributed by atoms with Crippen molar-refractivity contribution >= 4 is 0 Å². The molecule has 1 N–H and O–H groups in total. The topological polar surface area (TPSA) is 39.1 Å². The lowest BCUT2D eigenvalue weighted by Gasteiger charge is -2.05. The number of nitrogens with one attached hydrogen (secondary N) is 1. The quantitative estimate of drug-likeness (QED) is 0.686. The van der Waals surface area contributed by atoms with Crippen LogP contribution in [0.5, 0.6) is 0 Å². The van der Waals surface area contributed by atoms with Crippen LogP contribution in [0.3, 0.4) is 0 Å². The smallest absolute Gasteiger partial charge is 0.0950 e. The number of nitrogens with zero attached hydrogens (tertiary/aromatic N) is 2. The van der Waals surface area contributed by atoms with Gasteiger partial charge in [0.15, 0.2) is 0 Å². The van der Waals surface area contributed by atoms with E-state index in [2.05, 4.69) is 41.8 Å². The van der Waals surface area contributed by atoms with Gasteiger partial charge in [-0.2, -0.15) is 0 Å². The highest BCUT2D eigenvalue weighted by molar-refractivity contribution is 4.96. The molecule has 16 heavy (non-hydrogen) atoms. The fraction of sp³-hybridized carbons (Fsp3) is 0.750. The molecular weight excluding hydrogens is 202 g/mol. The number of rotatable bonds is 8. The van der Waals surface area contributed by atoms with Gasteiger partial charge in [0, 0.05) is 31.9 Å². The van der Waals surface area contributed by atoms with E-state index in [9.17, 15) is 0 Å². The van der Waals surface area contributed by atoms with E-state index in [1.54, 1.807) is 0 Å². The lowest BCUT2D eigenvalue weighted by molar-refractivity contribution is 0.127. The number of ether oxygens (including phenoxy) is 1. The standard InChI is InChI=1S/C12H23N3O/c1-4-6-16-7-5-15-9-12(14-10-15)8-13-11(2)3/h9-11,13H,4-8H2,1-3H3. The fourth-order valence-electron chi connectivity index (χ4n) is 1.35. The Bertz CT molecular complexity index is 284. The number of imidazole rings is 1. The maximum absolute atomic E-state index is 5.43. The molecule has 0 aliphatic heterocycles. The van der Waals surface area contributed by atoms with Crippen molar-refractivity contribution in [2.24, 2.45) is 0 Å². The summed E-state index contributed by atoms with van der Waals surface area (Å²) in [7, 11) is 0. The molecule has 0 unspecified atom stereocenters. The first-order chi connectivity index (χ1) is 7.72. The van der Waals surface area contributed by atoms with Crippen molar-refractivity contribution in [3.8, 4) is 0 Å². The molecule has 0 atom stereocenters. The zero-order valence-corrected chi connectivity index (χ0v) is 10.6. The largest absolute Gasteiger partial charge is 0.380 e. The van der Waals surface area contributed by atoms with Gasteiger partial charge in [0.25, 0.3) is 0 Å². The van der Waals surface area contributed by atoms with Crippen LogP contribution in [-0.4, -0.2) is 28.8 Å². The van der Waals surface area contributed by atoms with Crippen LogP contribution in [0.15, 0.2) is 12.5 Å². The Morgan fingerprint density at radius 1 is 1.44 bits per heavy atom. The maximum atomic E-state index is 5.43. The highest BCUT2D eigenvalue weighted by atomic mass is 16.5. The van der Waals surface area contributed by atoms with Crippen molar-refractivity contribution in [1.29, 1.82) is 0 Å². The fourth-order valence-corrected chi connectivity index (χ4v) is 1.35. The van der Waals surface area contributed by atoms with E-state index in [1.807, 2.05) is 6.33 Å². The first kappa shape index (κ1) is 13.2. The Hall–Kier alpha value is -0.870. The van der Waals surface area contributed by atoms with Crippen LogP contribution in [0.2, 0.25) is 0 Å². The summed E-state index contributed by atoms with van der Waals surface area (Å²) < 4.78 is 7.51. The third-order valence-corrected chi connectivity index (χ3v) is 2.22. The van der Waals surface area contributed by atoms with Gasteiger partial charge in [-0.1, -0.05) is 20.8 Å². The highest BCUT2D eigenvalue weighted by Gasteiger charge is 1.99. The molecule has 0 saturated carbocycles. The van der Waals surface area contributed by atoms with Crippen LogP contribution in [0.25, 0.3) is 0 Å². The Kier molecular flexibility index (Phi) is 6.11. The summed E-state index contributed by atoms with van der Waals surface area (Å²) in [6.45, 7) is 9.71. The van der Waals surface area contributed by atoms with Gasteiger partial charge in [-0.25, -0.2) is 4.98 Å². The summed E-state index contributed by atoms with van der Waals surface area (Å²) in [6, 6.07) is 0.498. The highest BCUT2D eigenvalue weighted by Crippen LogP contribution is 1.97. The average molecular weight is 225 g/mol. The summed E-state index contributed by atoms with van der Waals surface area (Å²) in [5, 5.41) is 3.34. The minimum Gasteiger partial charge on any atom is -0.380 e. The molecule has 0 aromatic carbocycles. The molecule has 4 heteroatoms. The molecule has 0 bridgehead atoms. The van der Waals surface area contributed by atoms with Crippen LogP contribution < -0.4 is 5.32 Å². The molecule has 0 aliphatic carbocycles. The van der Waals surface area contributed by atoms with E-state index >= 15 is 0 Å². The molecule has 0 radical (unpaired) electrons. The summed E-state index contributed by atoms with van der Waals surface area (Å²) in [5.74, 6) is 0. The van der Waals surface area contributed by atoms with E-state index in [-0.39, 0.29) is 0 Å². The first-order valence-corrected chi connectivity index (χ1v) is 6.04. The van der Waals surface area contributed by atoms with E-state index < -0.39 is 0 Å². The molecular formula is C12H23N3O. The van der Waals surface area contributed by atoms with Crippen molar-refractivity contribution in [3.05, 3.63) is 18.2 Å². The SMILES string of the molecule is CCCOCCn1cnc(CNC(C)C)c1. The van der Waals surface area contributed by atoms with Crippen molar-refractivity contribution in [2.75, 3.05) is 13.2 Å². The van der Waals surface area contributed by atoms with Crippen LogP contribution in [-0.2, 0) is 17.8 Å². The lowest BCUT2D eigenvalue weighted by Crippen LogP contribution is -2.21. The molecule has 1 aromatic heterocycles. The minimum absolute atomic E-state index is 0.498. The summed E-state index contributed by atoms with van der Waals surface area (Å²) in [5.41, 5.74) is 1.09. The lowest BCUT2D eigenvalue weighted by atomic mass is 10.3. The Balaban J connectivity index is 2.22. The van der Waals surface area contributed by atoms with Crippen molar-refractivity contribution in [1.82, 2.24) is 14.9 Å². The van der Waals surface area contributed by atoms with Crippen molar-refractivity contribution < 1.29 is 4.74 Å². The second-order valence-corrected chi connectivity index (χ2v) is 4.25. The normalized spacial score (nSPS) is 11.2. The van der Waals surface area contributed by atoms with Crippen LogP contribution in [0.4, 0.5) is 0 Å². The third-order valence-electron chi connectivity index (χ3n) is 2.22. The second kappa shape index (κ2) is 7.41. The maximum Gasteiger partial charge on any atom is 0.0950 e. The molecule has 4 nitrogen and oxygen atoms in total. The number of aromatic nitrogens is 2. The second-order valence-electron chi connectivity index (χ2n) is 4.25. The zero-order chi connectivity index (χ0) is 11.8. The molecule has 0 spiro atoms. The summed E-state index contributed by atoms with van der Waals surface area (Å²) >= 11 is 0. The van der Waals surface area contributed by atoms with Gasteiger partial charge in [0.05, 0.1) is 18.6 Å². The number of hydrogen-bond acceptors (Lipinski definition) is 3. The molecule has 0 aliphatic rings. The predicted octanol–water partition coefficient (Wildman–Crippen LogP) is 1.81. The van der Waals surface area contributed by atoms with Crippen molar-refractivity contribution in [2.45, 2.75) is 46.3 Å². The number of hydrogen-bond donors (Lipinski definition) is 1. The third kappa shape index (κ3) is 5.28. The van der Waals surface area contributed by atoms with E-state index in [0.29, 0.717) is 6.04 Å². The van der Waals surface area contributed by atoms with Crippen LogP contribution in [0, 0.1) is 0 Å².